The van der Waals surface area contributed by atoms with E-state index in [4.69, 9.17) is 11.5 Å². The van der Waals surface area contributed by atoms with Gasteiger partial charge in [0.2, 0.25) is 7.37 Å². The van der Waals surface area contributed by atoms with Crippen molar-refractivity contribution in [2.24, 2.45) is 11.5 Å². The molecule has 1 aromatic rings. The van der Waals surface area contributed by atoms with Crippen LogP contribution in [-0.4, -0.2) is 16.5 Å². The summed E-state index contributed by atoms with van der Waals surface area (Å²) in [5.74, 6) is -1.57. The summed E-state index contributed by atoms with van der Waals surface area (Å²) in [5.41, 5.74) is 12.1. The molecule has 0 bridgehead atoms. The summed E-state index contributed by atoms with van der Waals surface area (Å²) in [6.07, 6.45) is 0.371. The fraction of sp³-hybridized carbons (Fsp3) is 0.400. The highest BCUT2D eigenvalue weighted by atomic mass is 31.2. The first-order valence-electron chi connectivity index (χ1n) is 4.82. The molecule has 0 saturated heterocycles. The van der Waals surface area contributed by atoms with Crippen LogP contribution in [0.25, 0.3) is 0 Å². The second-order valence-electron chi connectivity index (χ2n) is 3.67. The molecule has 4 nitrogen and oxygen atoms in total. The lowest BCUT2D eigenvalue weighted by Crippen LogP contribution is -2.31. The molecule has 0 amide bonds. The highest BCUT2D eigenvalue weighted by molar-refractivity contribution is 7.59. The van der Waals surface area contributed by atoms with Gasteiger partial charge in [-0.2, -0.15) is 0 Å². The van der Waals surface area contributed by atoms with Gasteiger partial charge in [0.05, 0.1) is 11.6 Å². The Morgan fingerprint density at radius 2 is 1.87 bits per heavy atom. The number of nitrogens with two attached hydrogens (primary N) is 2. The fourth-order valence-electron chi connectivity index (χ4n) is 1.29. The number of benzene rings is 1. The first-order chi connectivity index (χ1) is 6.94. The zero-order valence-electron chi connectivity index (χ0n) is 8.71. The van der Waals surface area contributed by atoms with E-state index in [-0.39, 0.29) is 0 Å². The minimum atomic E-state index is -3.47. The lowest BCUT2D eigenvalue weighted by Gasteiger charge is -2.22. The van der Waals surface area contributed by atoms with E-state index in [1.807, 2.05) is 30.3 Å². The minimum absolute atomic E-state index is 0.371. The normalized spacial score (nSPS) is 19.2. The van der Waals surface area contributed by atoms with Gasteiger partial charge in [-0.05, 0) is 18.9 Å². The molecule has 0 aliphatic rings. The van der Waals surface area contributed by atoms with Gasteiger partial charge < -0.3 is 16.4 Å². The largest absolute Gasteiger partial charge is 0.342 e. The van der Waals surface area contributed by atoms with Crippen molar-refractivity contribution in [1.82, 2.24) is 0 Å². The molecule has 15 heavy (non-hydrogen) atoms. The Balaban J connectivity index is 2.72. The monoisotopic (exact) mass is 228 g/mol. The lowest BCUT2D eigenvalue weighted by atomic mass is 10.1. The Bertz CT molecular complexity index is 354. The first kappa shape index (κ1) is 12.4. The maximum Gasteiger partial charge on any atom is 0.232 e. The Kier molecular flexibility index (Phi) is 4.05. The molecule has 0 saturated carbocycles. The van der Waals surface area contributed by atoms with E-state index < -0.39 is 18.9 Å². The maximum absolute atomic E-state index is 11.7. The molecular weight excluding hydrogens is 211 g/mol. The second-order valence-corrected chi connectivity index (χ2v) is 6.49. The van der Waals surface area contributed by atoms with E-state index in [0.29, 0.717) is 6.42 Å². The third kappa shape index (κ3) is 3.14. The van der Waals surface area contributed by atoms with Gasteiger partial charge in [0, 0.05) is 0 Å². The molecule has 0 spiro atoms. The smallest absolute Gasteiger partial charge is 0.232 e. The Morgan fingerprint density at radius 1 is 1.33 bits per heavy atom. The molecule has 0 fully saturated rings. The third-order valence-corrected chi connectivity index (χ3v) is 4.65. The predicted molar refractivity (Wildman–Crippen MR) is 61.6 cm³/mol. The van der Waals surface area contributed by atoms with Crippen LogP contribution in [0.1, 0.15) is 12.5 Å². The summed E-state index contributed by atoms with van der Waals surface area (Å²) >= 11 is 0. The molecule has 0 aromatic heterocycles. The Labute approximate surface area is 89.7 Å². The van der Waals surface area contributed by atoms with Crippen LogP contribution in [0.4, 0.5) is 0 Å². The van der Waals surface area contributed by atoms with Crippen LogP contribution in [0.2, 0.25) is 0 Å². The van der Waals surface area contributed by atoms with Crippen molar-refractivity contribution >= 4 is 7.37 Å². The van der Waals surface area contributed by atoms with Gasteiger partial charge in [0.15, 0.2) is 0 Å². The molecule has 3 atom stereocenters. The number of hydrogen-bond acceptors (Lipinski definition) is 3. The summed E-state index contributed by atoms with van der Waals surface area (Å²) in [5, 5.41) is 0. The summed E-state index contributed by atoms with van der Waals surface area (Å²) in [4.78, 5) is 9.63. The van der Waals surface area contributed by atoms with E-state index in [1.165, 1.54) is 6.92 Å². The van der Waals surface area contributed by atoms with Crippen LogP contribution in [-0.2, 0) is 11.0 Å². The van der Waals surface area contributed by atoms with Gasteiger partial charge in [-0.3, -0.25) is 4.57 Å². The molecular formula is C10H17N2O2P. The minimum Gasteiger partial charge on any atom is -0.342 e. The number of rotatable bonds is 4. The molecule has 0 aliphatic heterocycles. The van der Waals surface area contributed by atoms with Crippen LogP contribution >= 0.6 is 7.37 Å². The van der Waals surface area contributed by atoms with Crippen molar-refractivity contribution in [2.75, 3.05) is 0 Å². The summed E-state index contributed by atoms with van der Waals surface area (Å²) in [6, 6.07) is 9.38. The average molecular weight is 228 g/mol. The van der Waals surface area contributed by atoms with E-state index in [9.17, 15) is 9.46 Å². The average Bonchev–Trinajstić information content (AvgIpc) is 2.18. The first-order valence-corrected chi connectivity index (χ1v) is 6.61. The van der Waals surface area contributed by atoms with Crippen molar-refractivity contribution in [2.45, 2.75) is 24.9 Å². The molecule has 0 aliphatic carbocycles. The van der Waals surface area contributed by atoms with Gasteiger partial charge in [-0.15, -0.1) is 0 Å². The van der Waals surface area contributed by atoms with E-state index >= 15 is 0 Å². The van der Waals surface area contributed by atoms with E-state index in [2.05, 4.69) is 0 Å². The van der Waals surface area contributed by atoms with Gasteiger partial charge in [-0.25, -0.2) is 0 Å². The van der Waals surface area contributed by atoms with Gasteiger partial charge >= 0.3 is 0 Å². The third-order valence-electron chi connectivity index (χ3n) is 2.35. The molecule has 5 heteroatoms. The van der Waals surface area contributed by atoms with Crippen LogP contribution < -0.4 is 11.5 Å². The molecule has 5 N–H and O–H groups in total. The maximum atomic E-state index is 11.7. The van der Waals surface area contributed by atoms with Crippen molar-refractivity contribution in [3.8, 4) is 0 Å². The van der Waals surface area contributed by atoms with Gasteiger partial charge in [0.1, 0.15) is 0 Å². The van der Waals surface area contributed by atoms with E-state index in [1.54, 1.807) is 0 Å². The lowest BCUT2D eigenvalue weighted by molar-refractivity contribution is 0.450. The topological polar surface area (TPSA) is 89.3 Å². The standard InChI is InChI=1S/C10H17N2O2P/c1-8(11)15(13,14)10(12)7-9-5-3-2-4-6-9/h2-6,8,10H,7,11-12H2,1H3,(H,13,14). The SMILES string of the molecule is CC(N)P(=O)(O)C(N)Cc1ccccc1. The van der Waals surface area contributed by atoms with Crippen LogP contribution in [0.5, 0.6) is 0 Å². The van der Waals surface area contributed by atoms with Gasteiger partial charge in [-0.1, -0.05) is 30.3 Å². The highest BCUT2D eigenvalue weighted by Crippen LogP contribution is 2.47. The van der Waals surface area contributed by atoms with Crippen LogP contribution in [0.3, 0.4) is 0 Å². The molecule has 84 valence electrons. The molecule has 3 unspecified atom stereocenters. The van der Waals surface area contributed by atoms with Crippen LogP contribution in [0.15, 0.2) is 30.3 Å². The zero-order valence-corrected chi connectivity index (χ0v) is 9.60. The summed E-state index contributed by atoms with van der Waals surface area (Å²) in [6.45, 7) is 1.51. The molecule has 0 radical (unpaired) electrons. The quantitative estimate of drug-likeness (QED) is 0.673. The summed E-state index contributed by atoms with van der Waals surface area (Å²) < 4.78 is 11.7. The highest BCUT2D eigenvalue weighted by Gasteiger charge is 2.31. The zero-order chi connectivity index (χ0) is 11.5. The van der Waals surface area contributed by atoms with Gasteiger partial charge in [0.25, 0.3) is 0 Å². The fourth-order valence-corrected chi connectivity index (χ4v) is 2.36. The second kappa shape index (κ2) is 4.90. The van der Waals surface area contributed by atoms with Crippen molar-refractivity contribution < 1.29 is 9.46 Å². The molecule has 1 aromatic carbocycles. The van der Waals surface area contributed by atoms with Crippen molar-refractivity contribution in [3.05, 3.63) is 35.9 Å². The van der Waals surface area contributed by atoms with Crippen LogP contribution in [0, 0.1) is 0 Å². The van der Waals surface area contributed by atoms with Crippen molar-refractivity contribution in [1.29, 1.82) is 0 Å². The molecule has 0 heterocycles. The van der Waals surface area contributed by atoms with E-state index in [0.717, 1.165) is 5.56 Å². The Morgan fingerprint density at radius 3 is 2.33 bits per heavy atom. The number of hydrogen-bond donors (Lipinski definition) is 3. The Hall–Kier alpha value is -0.670. The predicted octanol–water partition coefficient (Wildman–Crippen LogP) is 1.09. The van der Waals surface area contributed by atoms with Crippen molar-refractivity contribution in [3.63, 3.8) is 0 Å². The summed E-state index contributed by atoms with van der Waals surface area (Å²) in [7, 11) is -3.47. The molecule has 1 rings (SSSR count).